The fourth-order valence-electron chi connectivity index (χ4n) is 3.03. The van der Waals surface area contributed by atoms with Gasteiger partial charge in [0.1, 0.15) is 16.7 Å². The summed E-state index contributed by atoms with van der Waals surface area (Å²) >= 11 is 14.0. The van der Waals surface area contributed by atoms with Crippen molar-refractivity contribution in [1.29, 1.82) is 0 Å². The number of ether oxygens (including phenoxy) is 1. The third-order valence-corrected chi connectivity index (χ3v) is 6.04. The van der Waals surface area contributed by atoms with Crippen LogP contribution in [0.4, 0.5) is 10.9 Å². The standard InChI is InChI=1S/C18H17Cl2N5OS/c1-26-13-2-10(5-21-9-13)6-24-18-25-16(20)15(27-18)3-11-7-22-17-14(11)4-12(19)8-23-17/h2,4-5,8-9,11H,3,6-7H2,1H3,(H,22,23)(H,24,25). The van der Waals surface area contributed by atoms with E-state index in [1.54, 1.807) is 37.0 Å². The molecule has 6 nitrogen and oxygen atoms in total. The molecule has 0 amide bonds. The molecule has 140 valence electrons. The Kier molecular flexibility index (Phi) is 5.33. The van der Waals surface area contributed by atoms with E-state index in [1.165, 1.54) is 0 Å². The molecule has 1 unspecified atom stereocenters. The van der Waals surface area contributed by atoms with Crippen LogP contribution in [0.25, 0.3) is 0 Å². The van der Waals surface area contributed by atoms with Crippen molar-refractivity contribution in [3.05, 3.63) is 56.9 Å². The monoisotopic (exact) mass is 421 g/mol. The number of nitrogens with one attached hydrogen (secondary N) is 2. The van der Waals surface area contributed by atoms with Crippen molar-refractivity contribution < 1.29 is 4.74 Å². The number of anilines is 2. The van der Waals surface area contributed by atoms with Crippen LogP contribution in [0.2, 0.25) is 10.2 Å². The van der Waals surface area contributed by atoms with Gasteiger partial charge in [-0.3, -0.25) is 4.98 Å². The molecule has 0 fully saturated rings. The summed E-state index contributed by atoms with van der Waals surface area (Å²) in [4.78, 5) is 14.0. The zero-order valence-electron chi connectivity index (χ0n) is 14.5. The molecule has 0 radical (unpaired) electrons. The van der Waals surface area contributed by atoms with Crippen molar-refractivity contribution in [1.82, 2.24) is 15.0 Å². The maximum atomic E-state index is 6.38. The fraction of sp³-hybridized carbons (Fsp3) is 0.278. The van der Waals surface area contributed by atoms with E-state index in [0.717, 1.165) is 45.7 Å². The minimum absolute atomic E-state index is 0.277. The number of hydrogen-bond donors (Lipinski definition) is 2. The van der Waals surface area contributed by atoms with Crippen LogP contribution < -0.4 is 15.4 Å². The number of aromatic nitrogens is 3. The molecule has 0 aliphatic carbocycles. The second kappa shape index (κ2) is 7.88. The Hall–Kier alpha value is -2.09. The minimum atomic E-state index is 0.277. The SMILES string of the molecule is COc1cncc(CNc2nc(Cl)c(CC3CNc4ncc(Cl)cc43)s2)c1. The van der Waals surface area contributed by atoms with Gasteiger partial charge in [-0.2, -0.15) is 0 Å². The number of methoxy groups -OCH3 is 1. The molecule has 1 atom stereocenters. The summed E-state index contributed by atoms with van der Waals surface area (Å²) in [6.07, 6.45) is 5.92. The van der Waals surface area contributed by atoms with Crippen molar-refractivity contribution in [3.63, 3.8) is 0 Å². The van der Waals surface area contributed by atoms with E-state index in [2.05, 4.69) is 25.6 Å². The number of halogens is 2. The molecule has 1 aliphatic heterocycles. The lowest BCUT2D eigenvalue weighted by molar-refractivity contribution is 0.412. The van der Waals surface area contributed by atoms with Gasteiger partial charge in [-0.15, -0.1) is 11.3 Å². The van der Waals surface area contributed by atoms with Gasteiger partial charge in [0.2, 0.25) is 0 Å². The van der Waals surface area contributed by atoms with Crippen molar-refractivity contribution >= 4 is 45.5 Å². The van der Waals surface area contributed by atoms with Crippen molar-refractivity contribution in [2.24, 2.45) is 0 Å². The molecule has 0 saturated heterocycles. The zero-order valence-corrected chi connectivity index (χ0v) is 16.8. The Bertz CT molecular complexity index is 965. The van der Waals surface area contributed by atoms with Crippen LogP contribution in [-0.2, 0) is 13.0 Å². The third kappa shape index (κ3) is 4.10. The van der Waals surface area contributed by atoms with Gasteiger partial charge in [-0.1, -0.05) is 23.2 Å². The Balaban J connectivity index is 1.44. The van der Waals surface area contributed by atoms with E-state index in [0.29, 0.717) is 16.7 Å². The van der Waals surface area contributed by atoms with E-state index >= 15 is 0 Å². The predicted octanol–water partition coefficient (Wildman–Crippen LogP) is 4.61. The normalized spacial score (nSPS) is 15.3. The number of pyridine rings is 2. The number of nitrogens with zero attached hydrogens (tertiary/aromatic N) is 3. The molecule has 9 heteroatoms. The summed E-state index contributed by atoms with van der Waals surface area (Å²) in [5, 5.41) is 8.59. The Morgan fingerprint density at radius 1 is 1.30 bits per heavy atom. The number of rotatable bonds is 6. The quantitative estimate of drug-likeness (QED) is 0.605. The molecular weight excluding hydrogens is 405 g/mol. The van der Waals surface area contributed by atoms with E-state index in [-0.39, 0.29) is 5.92 Å². The summed E-state index contributed by atoms with van der Waals surface area (Å²) in [6.45, 7) is 1.41. The van der Waals surface area contributed by atoms with Crippen LogP contribution in [0, 0.1) is 0 Å². The zero-order chi connectivity index (χ0) is 18.8. The van der Waals surface area contributed by atoms with Crippen LogP contribution in [0.15, 0.2) is 30.7 Å². The molecule has 0 aromatic carbocycles. The molecule has 3 aromatic heterocycles. The first kappa shape index (κ1) is 18.3. The Morgan fingerprint density at radius 3 is 3.04 bits per heavy atom. The Labute approximate surface area is 170 Å². The fourth-order valence-corrected chi connectivity index (χ4v) is 4.46. The lowest BCUT2D eigenvalue weighted by Crippen LogP contribution is -2.04. The van der Waals surface area contributed by atoms with E-state index in [9.17, 15) is 0 Å². The lowest BCUT2D eigenvalue weighted by Gasteiger charge is -2.08. The first-order valence-corrected chi connectivity index (χ1v) is 9.96. The lowest BCUT2D eigenvalue weighted by atomic mass is 9.99. The molecule has 0 saturated carbocycles. The first-order valence-electron chi connectivity index (χ1n) is 8.38. The smallest absolute Gasteiger partial charge is 0.184 e. The summed E-state index contributed by atoms with van der Waals surface area (Å²) in [5.74, 6) is 1.90. The predicted molar refractivity (Wildman–Crippen MR) is 109 cm³/mol. The Morgan fingerprint density at radius 2 is 2.19 bits per heavy atom. The van der Waals surface area contributed by atoms with Gasteiger partial charge in [-0.05, 0) is 24.1 Å². The minimum Gasteiger partial charge on any atom is -0.495 e. The average molecular weight is 422 g/mol. The number of fused-ring (bicyclic) bond motifs is 1. The second-order valence-corrected chi connectivity index (χ2v) is 8.07. The topological polar surface area (TPSA) is 72.0 Å². The van der Waals surface area contributed by atoms with Gasteiger partial charge < -0.3 is 15.4 Å². The van der Waals surface area contributed by atoms with E-state index in [1.807, 2.05) is 12.1 Å². The molecular formula is C18H17Cl2N5OS. The molecule has 0 spiro atoms. The van der Waals surface area contributed by atoms with Crippen LogP contribution in [0.5, 0.6) is 5.75 Å². The molecule has 4 heterocycles. The molecule has 27 heavy (non-hydrogen) atoms. The maximum absolute atomic E-state index is 6.38. The highest BCUT2D eigenvalue weighted by Gasteiger charge is 2.26. The summed E-state index contributed by atoms with van der Waals surface area (Å²) < 4.78 is 5.20. The molecule has 4 rings (SSSR count). The van der Waals surface area contributed by atoms with Crippen molar-refractivity contribution in [2.45, 2.75) is 18.9 Å². The van der Waals surface area contributed by atoms with Gasteiger partial charge in [-0.25, -0.2) is 9.97 Å². The van der Waals surface area contributed by atoms with Gasteiger partial charge in [0.05, 0.1) is 18.3 Å². The molecule has 1 aliphatic rings. The summed E-state index contributed by atoms with van der Waals surface area (Å²) in [5.41, 5.74) is 2.14. The third-order valence-electron chi connectivity index (χ3n) is 4.37. The summed E-state index contributed by atoms with van der Waals surface area (Å²) in [6, 6.07) is 3.91. The van der Waals surface area contributed by atoms with Crippen molar-refractivity contribution in [2.75, 3.05) is 24.3 Å². The van der Waals surface area contributed by atoms with E-state index in [4.69, 9.17) is 27.9 Å². The molecule has 0 bridgehead atoms. The van der Waals surface area contributed by atoms with Gasteiger partial charge in [0, 0.05) is 41.8 Å². The van der Waals surface area contributed by atoms with Crippen LogP contribution in [0.3, 0.4) is 0 Å². The highest BCUT2D eigenvalue weighted by Crippen LogP contribution is 2.37. The van der Waals surface area contributed by atoms with Crippen LogP contribution in [0.1, 0.15) is 21.9 Å². The van der Waals surface area contributed by atoms with E-state index < -0.39 is 0 Å². The van der Waals surface area contributed by atoms with Gasteiger partial charge in [0.25, 0.3) is 0 Å². The summed E-state index contributed by atoms with van der Waals surface area (Å²) in [7, 11) is 1.62. The van der Waals surface area contributed by atoms with Crippen LogP contribution >= 0.6 is 34.5 Å². The van der Waals surface area contributed by atoms with Gasteiger partial charge in [0.15, 0.2) is 5.13 Å². The van der Waals surface area contributed by atoms with Crippen LogP contribution in [-0.4, -0.2) is 28.6 Å². The first-order chi connectivity index (χ1) is 13.1. The highest BCUT2D eigenvalue weighted by atomic mass is 35.5. The second-order valence-electron chi connectivity index (χ2n) is 6.19. The van der Waals surface area contributed by atoms with Crippen molar-refractivity contribution in [3.8, 4) is 5.75 Å². The number of hydrogen-bond acceptors (Lipinski definition) is 7. The maximum Gasteiger partial charge on any atom is 0.184 e. The molecule has 3 aromatic rings. The highest BCUT2D eigenvalue weighted by molar-refractivity contribution is 7.16. The largest absolute Gasteiger partial charge is 0.495 e. The molecule has 2 N–H and O–H groups in total. The average Bonchev–Trinajstić information content (AvgIpc) is 3.24. The van der Waals surface area contributed by atoms with Gasteiger partial charge >= 0.3 is 0 Å². The number of thiazole rings is 1.